The first-order valence-corrected chi connectivity index (χ1v) is 9.62. The normalized spacial score (nSPS) is 23.8. The molecule has 2 rings (SSSR count). The van der Waals surface area contributed by atoms with Gasteiger partial charge in [0, 0.05) is 25.9 Å². The molecule has 1 amide bonds. The number of nitrogens with one attached hydrogen (secondary N) is 1. The number of alkyl carbamates (subject to hydrolysis) is 1. The van der Waals surface area contributed by atoms with Crippen molar-refractivity contribution in [2.24, 2.45) is 23.5 Å². The summed E-state index contributed by atoms with van der Waals surface area (Å²) in [4.78, 5) is 11.7. The molecule has 148 valence electrons. The Bertz CT molecular complexity index is 445. The summed E-state index contributed by atoms with van der Waals surface area (Å²) >= 11 is 0. The second-order valence-corrected chi connectivity index (χ2v) is 6.57. The Labute approximate surface area is 156 Å². The van der Waals surface area contributed by atoms with Gasteiger partial charge in [0.2, 0.25) is 0 Å². The topological polar surface area (TPSA) is 92.0 Å². The zero-order chi connectivity index (χ0) is 18.5. The van der Waals surface area contributed by atoms with Gasteiger partial charge in [-0.05, 0) is 30.6 Å². The number of fused-ring (bicyclic) bond motifs is 1. The monoisotopic (exact) mass is 368 g/mol. The van der Waals surface area contributed by atoms with Crippen LogP contribution in [0.1, 0.15) is 25.7 Å². The summed E-state index contributed by atoms with van der Waals surface area (Å²) in [7, 11) is 0. The number of hydrogen-bond acceptors (Lipinski definition) is 6. The summed E-state index contributed by atoms with van der Waals surface area (Å²) < 4.78 is 21.2. The van der Waals surface area contributed by atoms with Crippen LogP contribution in [0.3, 0.4) is 0 Å². The highest BCUT2D eigenvalue weighted by molar-refractivity contribution is 5.67. The summed E-state index contributed by atoms with van der Waals surface area (Å²) in [6.07, 6.45) is 3.87. The first kappa shape index (κ1) is 21.0. The van der Waals surface area contributed by atoms with E-state index in [-0.39, 0.29) is 6.09 Å². The molecule has 0 spiro atoms. The van der Waals surface area contributed by atoms with Gasteiger partial charge >= 0.3 is 6.09 Å². The maximum atomic E-state index is 11.7. The average molecular weight is 368 g/mol. The van der Waals surface area contributed by atoms with Gasteiger partial charge < -0.3 is 30.0 Å². The minimum atomic E-state index is -0.363. The molecule has 0 aromatic carbocycles. The molecular formula is C19H32N2O5. The Hall–Kier alpha value is -1.33. The van der Waals surface area contributed by atoms with Crippen LogP contribution in [0.2, 0.25) is 0 Å². The van der Waals surface area contributed by atoms with Gasteiger partial charge in [-0.25, -0.2) is 4.79 Å². The quantitative estimate of drug-likeness (QED) is 0.374. The van der Waals surface area contributed by atoms with Crippen LogP contribution in [-0.2, 0) is 18.9 Å². The van der Waals surface area contributed by atoms with Crippen molar-refractivity contribution in [3.63, 3.8) is 0 Å². The van der Waals surface area contributed by atoms with Gasteiger partial charge in [-0.3, -0.25) is 0 Å². The SMILES string of the molecule is NCCOCCOCCOCCNC(=O)OCC1[C@H]2CCC#CCC[C@@H]12. The fourth-order valence-corrected chi connectivity index (χ4v) is 3.36. The van der Waals surface area contributed by atoms with Crippen LogP contribution in [0.25, 0.3) is 0 Å². The predicted octanol–water partition coefficient (Wildman–Crippen LogP) is 1.16. The molecule has 1 unspecified atom stereocenters. The Morgan fingerprint density at radius 2 is 1.50 bits per heavy atom. The lowest BCUT2D eigenvalue weighted by molar-refractivity contribution is 0.0165. The lowest BCUT2D eigenvalue weighted by atomic mass is 10.1. The number of rotatable bonds is 13. The van der Waals surface area contributed by atoms with Crippen molar-refractivity contribution in [3.8, 4) is 11.8 Å². The van der Waals surface area contributed by atoms with Crippen molar-refractivity contribution < 1.29 is 23.7 Å². The van der Waals surface area contributed by atoms with E-state index >= 15 is 0 Å². The fraction of sp³-hybridized carbons (Fsp3) is 0.842. The molecule has 0 saturated heterocycles. The van der Waals surface area contributed by atoms with Gasteiger partial charge in [0.05, 0.1) is 46.2 Å². The number of carbonyl (C=O) groups excluding carboxylic acids is 1. The second kappa shape index (κ2) is 12.9. The molecule has 2 aliphatic carbocycles. The van der Waals surface area contributed by atoms with E-state index in [1.165, 1.54) is 0 Å². The van der Waals surface area contributed by atoms with Gasteiger partial charge in [-0.2, -0.15) is 0 Å². The van der Waals surface area contributed by atoms with Crippen LogP contribution in [-0.4, -0.2) is 65.4 Å². The minimum Gasteiger partial charge on any atom is -0.449 e. The molecule has 7 nitrogen and oxygen atoms in total. The zero-order valence-corrected chi connectivity index (χ0v) is 15.5. The molecule has 7 heteroatoms. The van der Waals surface area contributed by atoms with Gasteiger partial charge in [0.15, 0.2) is 0 Å². The number of carbonyl (C=O) groups is 1. The fourth-order valence-electron chi connectivity index (χ4n) is 3.36. The van der Waals surface area contributed by atoms with Crippen LogP contribution in [0, 0.1) is 29.6 Å². The lowest BCUT2D eigenvalue weighted by Gasteiger charge is -2.08. The van der Waals surface area contributed by atoms with Crippen LogP contribution in [0.5, 0.6) is 0 Å². The molecule has 3 N–H and O–H groups in total. The molecule has 0 aromatic rings. The Morgan fingerprint density at radius 1 is 0.923 bits per heavy atom. The van der Waals surface area contributed by atoms with Crippen LogP contribution < -0.4 is 11.1 Å². The van der Waals surface area contributed by atoms with E-state index in [1.807, 2.05) is 0 Å². The lowest BCUT2D eigenvalue weighted by Crippen LogP contribution is -2.29. The number of ether oxygens (including phenoxy) is 4. The molecule has 1 saturated carbocycles. The van der Waals surface area contributed by atoms with Crippen molar-refractivity contribution in [2.75, 3.05) is 59.3 Å². The zero-order valence-electron chi connectivity index (χ0n) is 15.5. The molecule has 0 aliphatic heterocycles. The highest BCUT2D eigenvalue weighted by Crippen LogP contribution is 2.52. The molecule has 0 aromatic heterocycles. The molecule has 1 fully saturated rings. The first-order chi connectivity index (χ1) is 12.8. The predicted molar refractivity (Wildman–Crippen MR) is 97.6 cm³/mol. The maximum Gasteiger partial charge on any atom is 0.407 e. The highest BCUT2D eigenvalue weighted by atomic mass is 16.6. The summed E-state index contributed by atoms with van der Waals surface area (Å²) in [5.74, 6) is 8.29. The van der Waals surface area contributed by atoms with E-state index in [0.29, 0.717) is 77.1 Å². The first-order valence-electron chi connectivity index (χ1n) is 9.62. The number of nitrogens with two attached hydrogens (primary N) is 1. The third-order valence-electron chi connectivity index (χ3n) is 4.77. The summed E-state index contributed by atoms with van der Waals surface area (Å²) in [5, 5.41) is 2.71. The number of hydrogen-bond donors (Lipinski definition) is 2. The maximum absolute atomic E-state index is 11.7. The largest absolute Gasteiger partial charge is 0.449 e. The average Bonchev–Trinajstić information content (AvgIpc) is 3.27. The van der Waals surface area contributed by atoms with E-state index in [9.17, 15) is 4.79 Å². The van der Waals surface area contributed by atoms with E-state index < -0.39 is 0 Å². The van der Waals surface area contributed by atoms with Gasteiger partial charge in [-0.15, -0.1) is 11.8 Å². The van der Waals surface area contributed by atoms with E-state index in [2.05, 4.69) is 17.2 Å². The standard InChI is InChI=1S/C19H32N2O5/c20-7-9-23-11-13-25-14-12-24-10-8-21-19(22)26-15-18-16-5-3-1-2-4-6-17(16)18/h16-18H,3-15,20H2,(H,21,22)/t16-,17+,18?. The van der Waals surface area contributed by atoms with Crippen molar-refractivity contribution in [1.29, 1.82) is 0 Å². The van der Waals surface area contributed by atoms with Crippen LogP contribution >= 0.6 is 0 Å². The smallest absolute Gasteiger partial charge is 0.407 e. The van der Waals surface area contributed by atoms with Crippen molar-refractivity contribution in [1.82, 2.24) is 5.32 Å². The van der Waals surface area contributed by atoms with Crippen molar-refractivity contribution in [2.45, 2.75) is 25.7 Å². The molecule has 0 radical (unpaired) electrons. The third-order valence-corrected chi connectivity index (χ3v) is 4.77. The van der Waals surface area contributed by atoms with Crippen LogP contribution in [0.15, 0.2) is 0 Å². The Balaban J connectivity index is 1.36. The molecule has 0 heterocycles. The molecule has 2 aliphatic rings. The molecule has 3 atom stereocenters. The van der Waals surface area contributed by atoms with E-state index in [0.717, 1.165) is 25.7 Å². The third kappa shape index (κ3) is 8.37. The Morgan fingerprint density at radius 3 is 2.12 bits per heavy atom. The molecular weight excluding hydrogens is 336 g/mol. The number of amides is 1. The van der Waals surface area contributed by atoms with Gasteiger partial charge in [0.25, 0.3) is 0 Å². The summed E-state index contributed by atoms with van der Waals surface area (Å²) in [6.45, 7) is 4.53. The summed E-state index contributed by atoms with van der Waals surface area (Å²) in [5.41, 5.74) is 5.30. The minimum absolute atomic E-state index is 0.363. The van der Waals surface area contributed by atoms with E-state index in [4.69, 9.17) is 24.7 Å². The van der Waals surface area contributed by atoms with Crippen molar-refractivity contribution in [3.05, 3.63) is 0 Å². The summed E-state index contributed by atoms with van der Waals surface area (Å²) in [6, 6.07) is 0. The Kier molecular flexibility index (Phi) is 10.4. The van der Waals surface area contributed by atoms with Gasteiger partial charge in [0.1, 0.15) is 0 Å². The highest BCUT2D eigenvalue weighted by Gasteiger charge is 2.49. The van der Waals surface area contributed by atoms with Gasteiger partial charge in [-0.1, -0.05) is 0 Å². The van der Waals surface area contributed by atoms with Crippen LogP contribution in [0.4, 0.5) is 4.79 Å². The van der Waals surface area contributed by atoms with E-state index in [1.54, 1.807) is 0 Å². The second-order valence-electron chi connectivity index (χ2n) is 6.57. The molecule has 0 bridgehead atoms. The molecule has 26 heavy (non-hydrogen) atoms. The van der Waals surface area contributed by atoms with Crippen molar-refractivity contribution >= 4 is 6.09 Å².